The van der Waals surface area contributed by atoms with Gasteiger partial charge in [-0.15, -0.1) is 0 Å². The van der Waals surface area contributed by atoms with Gasteiger partial charge >= 0.3 is 6.03 Å². The second kappa shape index (κ2) is 6.98. The first-order chi connectivity index (χ1) is 12.6. The number of rotatable bonds is 2. The molecule has 1 aromatic heterocycles. The van der Waals surface area contributed by atoms with E-state index in [9.17, 15) is 18.4 Å². The molecule has 9 heteroatoms. The Balaban J connectivity index is 1.73. The quantitative estimate of drug-likeness (QED) is 0.845. The fourth-order valence-corrected chi connectivity index (χ4v) is 2.79. The van der Waals surface area contributed by atoms with E-state index in [1.54, 1.807) is 6.33 Å². The Morgan fingerprint density at radius 2 is 1.89 bits per heavy atom. The first kappa shape index (κ1) is 18.8. The lowest BCUT2D eigenvalue weighted by atomic mass is 10.1. The summed E-state index contributed by atoms with van der Waals surface area (Å²) in [5.74, 6) is -2.32. The standard InChI is InChI=1S/C18H21F2N5O2/c1-18(2,3)23-16(26)15-14-9-24(6-7-25(14)10-21-15)17(27)22-11-4-5-12(19)13(20)8-11/h4-5,8,10H,6-7,9H2,1-3H3,(H,22,27)(H,23,26). The van der Waals surface area contributed by atoms with Crippen molar-refractivity contribution in [2.75, 3.05) is 11.9 Å². The Morgan fingerprint density at radius 3 is 2.56 bits per heavy atom. The largest absolute Gasteiger partial charge is 0.346 e. The molecular weight excluding hydrogens is 356 g/mol. The lowest BCUT2D eigenvalue weighted by Crippen LogP contribution is -2.43. The summed E-state index contributed by atoms with van der Waals surface area (Å²) < 4.78 is 28.2. The van der Waals surface area contributed by atoms with Crippen LogP contribution >= 0.6 is 0 Å². The highest BCUT2D eigenvalue weighted by molar-refractivity contribution is 5.94. The van der Waals surface area contributed by atoms with Crippen LogP contribution in [0, 0.1) is 11.6 Å². The van der Waals surface area contributed by atoms with E-state index in [0.29, 0.717) is 18.8 Å². The predicted molar refractivity (Wildman–Crippen MR) is 95.2 cm³/mol. The van der Waals surface area contributed by atoms with E-state index in [-0.39, 0.29) is 23.8 Å². The highest BCUT2D eigenvalue weighted by atomic mass is 19.2. The molecule has 0 saturated heterocycles. The smallest absolute Gasteiger partial charge is 0.322 e. The molecule has 0 aliphatic carbocycles. The van der Waals surface area contributed by atoms with Crippen LogP contribution in [-0.4, -0.2) is 38.5 Å². The number of nitrogens with zero attached hydrogens (tertiary/aromatic N) is 3. The summed E-state index contributed by atoms with van der Waals surface area (Å²) in [7, 11) is 0. The lowest BCUT2D eigenvalue weighted by molar-refractivity contribution is 0.0911. The van der Waals surface area contributed by atoms with Gasteiger partial charge in [-0.2, -0.15) is 0 Å². The molecule has 0 saturated carbocycles. The highest BCUT2D eigenvalue weighted by Gasteiger charge is 2.28. The number of benzene rings is 1. The average molecular weight is 377 g/mol. The fraction of sp³-hybridized carbons (Fsp3) is 0.389. The van der Waals surface area contributed by atoms with Crippen LogP contribution in [0.2, 0.25) is 0 Å². The number of amides is 3. The fourth-order valence-electron chi connectivity index (χ4n) is 2.79. The maximum Gasteiger partial charge on any atom is 0.322 e. The number of imidazole rings is 1. The average Bonchev–Trinajstić information content (AvgIpc) is 3.00. The Hall–Kier alpha value is -2.97. The minimum absolute atomic E-state index is 0.156. The monoisotopic (exact) mass is 377 g/mol. The third-order valence-corrected chi connectivity index (χ3v) is 4.06. The van der Waals surface area contributed by atoms with Crippen molar-refractivity contribution in [3.63, 3.8) is 0 Å². The van der Waals surface area contributed by atoms with Crippen LogP contribution in [-0.2, 0) is 13.1 Å². The van der Waals surface area contributed by atoms with Gasteiger partial charge in [0.15, 0.2) is 17.3 Å². The molecular formula is C18H21F2N5O2. The van der Waals surface area contributed by atoms with Gasteiger partial charge in [0.2, 0.25) is 0 Å². The normalized spacial score (nSPS) is 13.9. The molecule has 0 bridgehead atoms. The molecule has 144 valence electrons. The van der Waals surface area contributed by atoms with Crippen molar-refractivity contribution in [2.24, 2.45) is 0 Å². The summed E-state index contributed by atoms with van der Waals surface area (Å²) in [6.07, 6.45) is 1.58. The van der Waals surface area contributed by atoms with Crippen molar-refractivity contribution in [3.8, 4) is 0 Å². The summed E-state index contributed by atoms with van der Waals surface area (Å²) >= 11 is 0. The molecule has 1 aliphatic heterocycles. The van der Waals surface area contributed by atoms with Crippen molar-refractivity contribution in [3.05, 3.63) is 47.5 Å². The Kier molecular flexibility index (Phi) is 4.86. The molecule has 2 heterocycles. The highest BCUT2D eigenvalue weighted by Crippen LogP contribution is 2.19. The summed E-state index contributed by atoms with van der Waals surface area (Å²) in [5, 5.41) is 5.40. The summed E-state index contributed by atoms with van der Waals surface area (Å²) in [4.78, 5) is 30.6. The van der Waals surface area contributed by atoms with Crippen molar-refractivity contribution in [1.29, 1.82) is 0 Å². The van der Waals surface area contributed by atoms with Crippen LogP contribution in [0.3, 0.4) is 0 Å². The number of anilines is 1. The van der Waals surface area contributed by atoms with Crippen LogP contribution in [0.15, 0.2) is 24.5 Å². The van der Waals surface area contributed by atoms with Crippen molar-refractivity contribution in [2.45, 2.75) is 39.4 Å². The van der Waals surface area contributed by atoms with Crippen molar-refractivity contribution >= 4 is 17.6 Å². The zero-order valence-corrected chi connectivity index (χ0v) is 15.3. The van der Waals surface area contributed by atoms with E-state index in [1.807, 2.05) is 25.3 Å². The maximum absolute atomic E-state index is 13.3. The number of hydrogen-bond acceptors (Lipinski definition) is 3. The Bertz CT molecular complexity index is 888. The molecule has 1 aromatic carbocycles. The van der Waals surface area contributed by atoms with Crippen LogP contribution < -0.4 is 10.6 Å². The minimum atomic E-state index is -1.04. The summed E-state index contributed by atoms with van der Waals surface area (Å²) in [5.41, 5.74) is 0.647. The third kappa shape index (κ3) is 4.24. The SMILES string of the molecule is CC(C)(C)NC(=O)c1ncn2c1CN(C(=O)Nc1ccc(F)c(F)c1)CC2. The number of nitrogens with one attached hydrogen (secondary N) is 2. The predicted octanol–water partition coefficient (Wildman–Crippen LogP) is 2.74. The third-order valence-electron chi connectivity index (χ3n) is 4.06. The second-order valence-electron chi connectivity index (χ2n) is 7.42. The number of carbonyl (C=O) groups is 2. The molecule has 3 amide bonds. The van der Waals surface area contributed by atoms with E-state index in [0.717, 1.165) is 12.1 Å². The van der Waals surface area contributed by atoms with Gasteiger partial charge in [-0.3, -0.25) is 4.79 Å². The molecule has 27 heavy (non-hydrogen) atoms. The van der Waals surface area contributed by atoms with E-state index >= 15 is 0 Å². The molecule has 0 fully saturated rings. The summed E-state index contributed by atoms with van der Waals surface area (Å²) in [6, 6.07) is 2.69. The van der Waals surface area contributed by atoms with Crippen LogP contribution in [0.25, 0.3) is 0 Å². The van der Waals surface area contributed by atoms with E-state index in [2.05, 4.69) is 15.6 Å². The Morgan fingerprint density at radius 1 is 1.15 bits per heavy atom. The zero-order valence-electron chi connectivity index (χ0n) is 15.3. The molecule has 0 spiro atoms. The molecule has 2 aromatic rings. The van der Waals surface area contributed by atoms with Crippen LogP contribution in [0.5, 0.6) is 0 Å². The molecule has 2 N–H and O–H groups in total. The number of carbonyl (C=O) groups excluding carboxylic acids is 2. The molecule has 1 aliphatic rings. The first-order valence-electron chi connectivity index (χ1n) is 8.51. The van der Waals surface area contributed by atoms with Gasteiger partial charge in [-0.05, 0) is 32.9 Å². The molecule has 0 unspecified atom stereocenters. The first-order valence-corrected chi connectivity index (χ1v) is 8.51. The molecule has 0 radical (unpaired) electrons. The number of halogens is 2. The Labute approximate surface area is 155 Å². The molecule has 0 atom stereocenters. The van der Waals surface area contributed by atoms with Gasteiger partial charge in [0.25, 0.3) is 5.91 Å². The van der Waals surface area contributed by atoms with Crippen molar-refractivity contribution < 1.29 is 18.4 Å². The zero-order chi connectivity index (χ0) is 19.8. The van der Waals surface area contributed by atoms with E-state index in [4.69, 9.17) is 0 Å². The van der Waals surface area contributed by atoms with Gasteiger partial charge in [0.05, 0.1) is 18.6 Å². The summed E-state index contributed by atoms with van der Waals surface area (Å²) in [6.45, 7) is 6.68. The second-order valence-corrected chi connectivity index (χ2v) is 7.42. The van der Waals surface area contributed by atoms with Gasteiger partial charge in [0.1, 0.15) is 0 Å². The van der Waals surface area contributed by atoms with Gasteiger partial charge in [-0.1, -0.05) is 0 Å². The number of urea groups is 1. The molecule has 7 nitrogen and oxygen atoms in total. The van der Waals surface area contributed by atoms with Gasteiger partial charge < -0.3 is 20.1 Å². The van der Waals surface area contributed by atoms with E-state index in [1.165, 1.54) is 11.0 Å². The number of hydrogen-bond donors (Lipinski definition) is 2. The van der Waals surface area contributed by atoms with E-state index < -0.39 is 23.2 Å². The molecule has 3 rings (SSSR count). The number of fused-ring (bicyclic) bond motifs is 1. The lowest BCUT2D eigenvalue weighted by Gasteiger charge is -2.29. The van der Waals surface area contributed by atoms with Crippen LogP contribution in [0.4, 0.5) is 19.3 Å². The van der Waals surface area contributed by atoms with Gasteiger partial charge in [-0.25, -0.2) is 18.6 Å². The van der Waals surface area contributed by atoms with Crippen LogP contribution in [0.1, 0.15) is 37.0 Å². The maximum atomic E-state index is 13.3. The van der Waals surface area contributed by atoms with Gasteiger partial charge in [0, 0.05) is 30.4 Å². The van der Waals surface area contributed by atoms with Crippen molar-refractivity contribution in [1.82, 2.24) is 19.8 Å². The minimum Gasteiger partial charge on any atom is -0.346 e. The number of aromatic nitrogens is 2. The topological polar surface area (TPSA) is 79.3 Å².